The Morgan fingerprint density at radius 3 is 2.83 bits per heavy atom. The molecule has 24 heavy (non-hydrogen) atoms. The fraction of sp³-hybridized carbons (Fsp3) is 0.474. The number of fused-ring (bicyclic) bond motifs is 1. The summed E-state index contributed by atoms with van der Waals surface area (Å²) >= 11 is 1.73. The van der Waals surface area contributed by atoms with Gasteiger partial charge in [-0.15, -0.1) is 11.3 Å². The highest BCUT2D eigenvalue weighted by Crippen LogP contribution is 2.37. The van der Waals surface area contributed by atoms with E-state index >= 15 is 0 Å². The summed E-state index contributed by atoms with van der Waals surface area (Å²) in [7, 11) is 0. The summed E-state index contributed by atoms with van der Waals surface area (Å²) in [5.41, 5.74) is 3.01. The van der Waals surface area contributed by atoms with Crippen LogP contribution in [0.15, 0.2) is 29.8 Å². The van der Waals surface area contributed by atoms with E-state index in [4.69, 9.17) is 4.74 Å². The summed E-state index contributed by atoms with van der Waals surface area (Å²) < 4.78 is 5.63. The SMILES string of the molecule is Cc1ccc(CC2c3sccc3CCN2C(=O)OC(C)(C)C)cn1. The number of nitrogens with zero attached hydrogens (tertiary/aromatic N) is 2. The Labute approximate surface area is 147 Å². The minimum atomic E-state index is -0.483. The maximum atomic E-state index is 12.7. The van der Waals surface area contributed by atoms with Crippen LogP contribution in [0.5, 0.6) is 0 Å². The summed E-state index contributed by atoms with van der Waals surface area (Å²) in [4.78, 5) is 20.2. The lowest BCUT2D eigenvalue weighted by Gasteiger charge is -2.36. The molecule has 0 aromatic carbocycles. The molecule has 1 amide bonds. The molecular formula is C19H24N2O2S. The molecular weight excluding hydrogens is 320 g/mol. The molecule has 0 spiro atoms. The summed E-state index contributed by atoms with van der Waals surface area (Å²) in [6.07, 6.45) is 3.33. The Kier molecular flexibility index (Phi) is 4.63. The van der Waals surface area contributed by atoms with Gasteiger partial charge >= 0.3 is 6.09 Å². The van der Waals surface area contributed by atoms with E-state index in [-0.39, 0.29) is 12.1 Å². The topological polar surface area (TPSA) is 42.4 Å². The molecule has 0 saturated carbocycles. The standard InChI is InChI=1S/C19H24N2O2S/c1-13-5-6-14(12-20-13)11-16-17-15(8-10-24-17)7-9-21(16)18(22)23-19(2,3)4/h5-6,8,10,12,16H,7,9,11H2,1-4H3. The highest BCUT2D eigenvalue weighted by molar-refractivity contribution is 7.10. The van der Waals surface area contributed by atoms with Crippen LogP contribution >= 0.6 is 11.3 Å². The Balaban J connectivity index is 1.87. The fourth-order valence-corrected chi connectivity index (χ4v) is 4.04. The molecule has 5 heteroatoms. The van der Waals surface area contributed by atoms with Gasteiger partial charge in [0.1, 0.15) is 5.60 Å². The van der Waals surface area contributed by atoms with Crippen LogP contribution in [0.4, 0.5) is 4.79 Å². The smallest absolute Gasteiger partial charge is 0.410 e. The molecule has 3 heterocycles. The lowest BCUT2D eigenvalue weighted by Crippen LogP contribution is -2.43. The van der Waals surface area contributed by atoms with Crippen molar-refractivity contribution in [2.45, 2.75) is 52.2 Å². The van der Waals surface area contributed by atoms with Crippen molar-refractivity contribution in [1.82, 2.24) is 9.88 Å². The normalized spacial score (nSPS) is 17.5. The first kappa shape index (κ1) is 17.0. The summed E-state index contributed by atoms with van der Waals surface area (Å²) in [6, 6.07) is 6.31. The largest absolute Gasteiger partial charge is 0.444 e. The molecule has 128 valence electrons. The van der Waals surface area contributed by atoms with E-state index in [1.807, 2.05) is 44.9 Å². The van der Waals surface area contributed by atoms with Crippen molar-refractivity contribution in [2.75, 3.05) is 6.54 Å². The van der Waals surface area contributed by atoms with Crippen LogP contribution in [0, 0.1) is 6.92 Å². The second-order valence-corrected chi connectivity index (χ2v) is 8.21. The number of pyridine rings is 1. The summed E-state index contributed by atoms with van der Waals surface area (Å²) in [6.45, 7) is 8.40. The van der Waals surface area contributed by atoms with Gasteiger partial charge in [0.25, 0.3) is 0 Å². The zero-order chi connectivity index (χ0) is 17.3. The Morgan fingerprint density at radius 2 is 2.17 bits per heavy atom. The van der Waals surface area contributed by atoms with Gasteiger partial charge in [0.2, 0.25) is 0 Å². The molecule has 0 aliphatic carbocycles. The van der Waals surface area contributed by atoms with Crippen LogP contribution in [0.25, 0.3) is 0 Å². The van der Waals surface area contributed by atoms with Crippen LogP contribution in [-0.2, 0) is 17.6 Å². The fourth-order valence-electron chi connectivity index (χ4n) is 2.97. The molecule has 4 nitrogen and oxygen atoms in total. The van der Waals surface area contributed by atoms with Crippen molar-refractivity contribution in [1.29, 1.82) is 0 Å². The van der Waals surface area contributed by atoms with Gasteiger partial charge in [0, 0.05) is 23.3 Å². The van der Waals surface area contributed by atoms with Crippen molar-refractivity contribution in [3.05, 3.63) is 51.5 Å². The molecule has 1 aliphatic heterocycles. The number of ether oxygens (including phenoxy) is 1. The number of rotatable bonds is 2. The number of hydrogen-bond acceptors (Lipinski definition) is 4. The van der Waals surface area contributed by atoms with Gasteiger partial charge in [-0.3, -0.25) is 9.88 Å². The number of amides is 1. The zero-order valence-electron chi connectivity index (χ0n) is 14.7. The van der Waals surface area contributed by atoms with Crippen LogP contribution in [0.2, 0.25) is 0 Å². The molecule has 0 fully saturated rings. The Morgan fingerprint density at radius 1 is 1.38 bits per heavy atom. The van der Waals surface area contributed by atoms with E-state index < -0.39 is 5.60 Å². The third kappa shape index (κ3) is 3.78. The van der Waals surface area contributed by atoms with Crippen molar-refractivity contribution in [3.63, 3.8) is 0 Å². The molecule has 2 aromatic rings. The highest BCUT2D eigenvalue weighted by atomic mass is 32.1. The molecule has 1 unspecified atom stereocenters. The first-order valence-corrected chi connectivity index (χ1v) is 9.19. The summed E-state index contributed by atoms with van der Waals surface area (Å²) in [5, 5.41) is 2.11. The number of hydrogen-bond donors (Lipinski definition) is 0. The van der Waals surface area contributed by atoms with E-state index in [1.54, 1.807) is 11.3 Å². The molecule has 1 aliphatic rings. The van der Waals surface area contributed by atoms with Crippen molar-refractivity contribution in [2.24, 2.45) is 0 Å². The third-order valence-corrected chi connectivity index (χ3v) is 5.17. The highest BCUT2D eigenvalue weighted by Gasteiger charge is 2.34. The number of aryl methyl sites for hydroxylation is 1. The summed E-state index contributed by atoms with van der Waals surface area (Å²) in [5.74, 6) is 0. The van der Waals surface area contributed by atoms with Gasteiger partial charge in [-0.2, -0.15) is 0 Å². The van der Waals surface area contributed by atoms with Crippen molar-refractivity contribution in [3.8, 4) is 0 Å². The van der Waals surface area contributed by atoms with Gasteiger partial charge in [0.05, 0.1) is 6.04 Å². The molecule has 1 atom stereocenters. The van der Waals surface area contributed by atoms with E-state index in [0.29, 0.717) is 6.54 Å². The predicted molar refractivity (Wildman–Crippen MR) is 96.4 cm³/mol. The van der Waals surface area contributed by atoms with Crippen LogP contribution in [0.3, 0.4) is 0 Å². The minimum absolute atomic E-state index is 0.0214. The molecule has 2 aromatic heterocycles. The van der Waals surface area contributed by atoms with Crippen LogP contribution in [0.1, 0.15) is 48.5 Å². The third-order valence-electron chi connectivity index (χ3n) is 4.11. The van der Waals surface area contributed by atoms with E-state index in [2.05, 4.69) is 22.5 Å². The van der Waals surface area contributed by atoms with Crippen LogP contribution in [-0.4, -0.2) is 28.1 Å². The number of aromatic nitrogens is 1. The number of thiophene rings is 1. The number of carbonyl (C=O) groups is 1. The maximum Gasteiger partial charge on any atom is 0.410 e. The lowest BCUT2D eigenvalue weighted by molar-refractivity contribution is 0.0146. The van der Waals surface area contributed by atoms with Crippen LogP contribution < -0.4 is 0 Å². The van der Waals surface area contributed by atoms with Crippen molar-refractivity contribution >= 4 is 17.4 Å². The predicted octanol–water partition coefficient (Wildman–Crippen LogP) is 4.53. The van der Waals surface area contributed by atoms with E-state index in [1.165, 1.54) is 10.4 Å². The molecule has 0 radical (unpaired) electrons. The van der Waals surface area contributed by atoms with E-state index in [9.17, 15) is 4.79 Å². The number of carbonyl (C=O) groups excluding carboxylic acids is 1. The molecule has 0 N–H and O–H groups in total. The first-order valence-electron chi connectivity index (χ1n) is 8.31. The average molecular weight is 344 g/mol. The Bertz CT molecular complexity index is 716. The molecule has 3 rings (SSSR count). The van der Waals surface area contributed by atoms with Gasteiger partial charge in [-0.05, 0) is 69.2 Å². The monoisotopic (exact) mass is 344 g/mol. The first-order chi connectivity index (χ1) is 11.3. The minimum Gasteiger partial charge on any atom is -0.444 e. The quantitative estimate of drug-likeness (QED) is 0.804. The van der Waals surface area contributed by atoms with Gasteiger partial charge < -0.3 is 4.74 Å². The van der Waals surface area contributed by atoms with Gasteiger partial charge in [0.15, 0.2) is 0 Å². The second kappa shape index (κ2) is 6.55. The average Bonchev–Trinajstić information content (AvgIpc) is 2.97. The van der Waals surface area contributed by atoms with Gasteiger partial charge in [-0.25, -0.2) is 4.79 Å². The van der Waals surface area contributed by atoms with Gasteiger partial charge in [-0.1, -0.05) is 6.07 Å². The van der Waals surface area contributed by atoms with E-state index in [0.717, 1.165) is 24.1 Å². The molecule has 0 bridgehead atoms. The zero-order valence-corrected chi connectivity index (χ0v) is 15.5. The van der Waals surface area contributed by atoms with Crippen molar-refractivity contribution < 1.29 is 9.53 Å². The second-order valence-electron chi connectivity index (χ2n) is 7.26. The maximum absolute atomic E-state index is 12.7. The lowest BCUT2D eigenvalue weighted by atomic mass is 9.96. The molecule has 0 saturated heterocycles. The Hall–Kier alpha value is -1.88.